The van der Waals surface area contributed by atoms with Gasteiger partial charge in [-0.05, 0) is 106 Å². The van der Waals surface area contributed by atoms with Crippen LogP contribution in [0.1, 0.15) is 5.56 Å². The molecule has 0 saturated heterocycles. The molecule has 9 aromatic carbocycles. The molecule has 1 aromatic heterocycles. The Hall–Kier alpha value is -8.40. The minimum absolute atomic E-state index is 0.229. The van der Waals surface area contributed by atoms with Crippen molar-refractivity contribution >= 4 is 72.4 Å². The summed E-state index contributed by atoms with van der Waals surface area (Å²) in [6.45, 7) is 0. The molecule has 0 bridgehead atoms. The van der Waals surface area contributed by atoms with Crippen molar-refractivity contribution in [3.05, 3.63) is 260 Å². The number of para-hydroxylation sites is 2. The van der Waals surface area contributed by atoms with Crippen molar-refractivity contribution in [1.29, 1.82) is 0 Å². The van der Waals surface area contributed by atoms with E-state index in [1.165, 1.54) is 27.8 Å². The number of fused-ring (bicyclic) bond motifs is 6. The fourth-order valence-electron chi connectivity index (χ4n) is 9.97. The third kappa shape index (κ3) is 6.86. The van der Waals surface area contributed by atoms with E-state index in [2.05, 4.69) is 265 Å². The number of furan rings is 1. The number of nitrogens with zero attached hydrogens (tertiary/aromatic N) is 2. The summed E-state index contributed by atoms with van der Waals surface area (Å²) >= 11 is 0. The molecule has 3 heteroatoms. The number of rotatable bonds is 9. The summed E-state index contributed by atoms with van der Waals surface area (Å²) in [6.07, 6.45) is 15.9. The van der Waals surface area contributed by atoms with E-state index in [0.29, 0.717) is 5.92 Å². The Kier molecular flexibility index (Phi) is 9.65. The normalized spacial score (nSPS) is 15.3. The van der Waals surface area contributed by atoms with Gasteiger partial charge in [-0.1, -0.05) is 188 Å². The second kappa shape index (κ2) is 16.4. The van der Waals surface area contributed by atoms with E-state index in [-0.39, 0.29) is 5.92 Å². The first-order valence-electron chi connectivity index (χ1n) is 22.4. The molecule has 2 aliphatic carbocycles. The molecule has 1 heterocycles. The van der Waals surface area contributed by atoms with Crippen molar-refractivity contribution in [3.63, 3.8) is 0 Å². The average molecular weight is 833 g/mol. The highest BCUT2D eigenvalue weighted by Gasteiger charge is 2.29. The first kappa shape index (κ1) is 38.3. The van der Waals surface area contributed by atoms with Crippen molar-refractivity contribution in [2.45, 2.75) is 0 Å². The van der Waals surface area contributed by atoms with Crippen molar-refractivity contribution in [2.75, 3.05) is 9.80 Å². The molecule has 0 fully saturated rings. The Labute approximate surface area is 379 Å². The summed E-state index contributed by atoms with van der Waals surface area (Å²) < 4.78 is 7.38. The largest absolute Gasteiger partial charge is 0.453 e. The Balaban J connectivity index is 1.13. The highest BCUT2D eigenvalue weighted by atomic mass is 16.3. The lowest BCUT2D eigenvalue weighted by molar-refractivity contribution is 0.673. The standard InChI is InChI=1S/C62H44N2O/c1-5-19-43(20-6-1)47-26-17-31-50(41-47)63(48-27-9-3-10-28-48)58-39-40-59(62-60(58)56-37-35-46-24-14-16-33-54(46)61(56)65-62)64(49-29-11-4-12-30-49)51-36-38-53(44-21-7-2-8-22-44)57(42-51)55-34-18-25-45-23-13-15-32-52(45)55/h1-42,45,52H. The van der Waals surface area contributed by atoms with Crippen molar-refractivity contribution in [3.8, 4) is 22.3 Å². The Bertz CT molecular complexity index is 3490. The Morgan fingerprint density at radius 2 is 0.969 bits per heavy atom. The number of anilines is 6. The molecule has 0 radical (unpaired) electrons. The van der Waals surface area contributed by atoms with Gasteiger partial charge in [-0.3, -0.25) is 0 Å². The van der Waals surface area contributed by atoms with Crippen LogP contribution in [-0.4, -0.2) is 0 Å². The minimum Gasteiger partial charge on any atom is -0.453 e. The summed E-state index contributed by atoms with van der Waals surface area (Å²) in [5, 5.41) is 4.32. The van der Waals surface area contributed by atoms with Crippen LogP contribution in [0.4, 0.5) is 34.1 Å². The molecule has 65 heavy (non-hydrogen) atoms. The fourth-order valence-corrected chi connectivity index (χ4v) is 9.97. The summed E-state index contributed by atoms with van der Waals surface area (Å²) in [5.74, 6) is 0.530. The van der Waals surface area contributed by atoms with Gasteiger partial charge >= 0.3 is 0 Å². The van der Waals surface area contributed by atoms with Gasteiger partial charge in [0.15, 0.2) is 5.58 Å². The molecule has 0 aliphatic heterocycles. The molecule has 2 atom stereocenters. The molecule has 12 rings (SSSR count). The lowest BCUT2D eigenvalue weighted by Gasteiger charge is -2.31. The van der Waals surface area contributed by atoms with Crippen LogP contribution in [0.15, 0.2) is 259 Å². The molecule has 0 amide bonds. The van der Waals surface area contributed by atoms with Gasteiger partial charge in [-0.2, -0.15) is 0 Å². The first-order valence-corrected chi connectivity index (χ1v) is 22.4. The zero-order chi connectivity index (χ0) is 43.1. The van der Waals surface area contributed by atoms with Crippen LogP contribution in [0.3, 0.4) is 0 Å². The summed E-state index contributed by atoms with van der Waals surface area (Å²) in [7, 11) is 0. The van der Waals surface area contributed by atoms with Crippen LogP contribution < -0.4 is 9.80 Å². The van der Waals surface area contributed by atoms with Crippen molar-refractivity contribution < 1.29 is 4.42 Å². The SMILES string of the molecule is C1=CC2C=CC=C(c3cc(N(c4ccccc4)c4ccc(N(c5ccccc5)c5cccc(-c6ccccc6)c5)c5c4oc4c6ccccc6ccc45)ccc3-c3ccccc3)C2C=C1. The number of hydrogen-bond donors (Lipinski definition) is 0. The fraction of sp³-hybridized carbons (Fsp3) is 0.0323. The molecule has 2 unspecified atom stereocenters. The van der Waals surface area contributed by atoms with E-state index in [0.717, 1.165) is 72.4 Å². The Morgan fingerprint density at radius 3 is 1.74 bits per heavy atom. The van der Waals surface area contributed by atoms with Gasteiger partial charge < -0.3 is 14.2 Å². The average Bonchev–Trinajstić information content (AvgIpc) is 3.79. The number of benzene rings is 9. The molecule has 0 saturated carbocycles. The quantitative estimate of drug-likeness (QED) is 0.144. The molecular weight excluding hydrogens is 789 g/mol. The van der Waals surface area contributed by atoms with Crippen LogP contribution in [-0.2, 0) is 0 Å². The van der Waals surface area contributed by atoms with Crippen LogP contribution in [0.5, 0.6) is 0 Å². The highest BCUT2D eigenvalue weighted by molar-refractivity contribution is 6.22. The third-order valence-electron chi connectivity index (χ3n) is 13.0. The monoisotopic (exact) mass is 832 g/mol. The van der Waals surface area contributed by atoms with E-state index in [1.807, 2.05) is 0 Å². The van der Waals surface area contributed by atoms with Crippen molar-refractivity contribution in [2.24, 2.45) is 11.8 Å². The van der Waals surface area contributed by atoms with E-state index < -0.39 is 0 Å². The van der Waals surface area contributed by atoms with E-state index in [4.69, 9.17) is 4.42 Å². The summed E-state index contributed by atoms with van der Waals surface area (Å²) in [5.41, 5.74) is 15.1. The molecule has 0 N–H and O–H groups in total. The number of hydrogen-bond acceptors (Lipinski definition) is 3. The maximum atomic E-state index is 7.38. The lowest BCUT2D eigenvalue weighted by Crippen LogP contribution is -2.16. The lowest BCUT2D eigenvalue weighted by atomic mass is 9.75. The maximum Gasteiger partial charge on any atom is 0.161 e. The van der Waals surface area contributed by atoms with Gasteiger partial charge in [0.1, 0.15) is 5.58 Å². The predicted molar refractivity (Wildman–Crippen MR) is 274 cm³/mol. The van der Waals surface area contributed by atoms with Gasteiger partial charge in [-0.15, -0.1) is 0 Å². The van der Waals surface area contributed by atoms with Gasteiger partial charge in [0.2, 0.25) is 0 Å². The van der Waals surface area contributed by atoms with Crippen LogP contribution in [0.25, 0.3) is 60.5 Å². The maximum absolute atomic E-state index is 7.38. The molecule has 10 aromatic rings. The smallest absolute Gasteiger partial charge is 0.161 e. The third-order valence-corrected chi connectivity index (χ3v) is 13.0. The van der Waals surface area contributed by atoms with Gasteiger partial charge in [0.05, 0.1) is 16.8 Å². The molecule has 2 aliphatic rings. The van der Waals surface area contributed by atoms with E-state index in [1.54, 1.807) is 0 Å². The summed E-state index contributed by atoms with van der Waals surface area (Å²) in [4.78, 5) is 4.76. The van der Waals surface area contributed by atoms with Crippen LogP contribution in [0, 0.1) is 11.8 Å². The van der Waals surface area contributed by atoms with Gasteiger partial charge in [0.25, 0.3) is 0 Å². The van der Waals surface area contributed by atoms with Gasteiger partial charge in [-0.25, -0.2) is 0 Å². The zero-order valence-electron chi connectivity index (χ0n) is 35.7. The second-order valence-electron chi connectivity index (χ2n) is 16.8. The summed E-state index contributed by atoms with van der Waals surface area (Å²) in [6, 6.07) is 76.2. The Morgan fingerprint density at radius 1 is 0.369 bits per heavy atom. The molecule has 3 nitrogen and oxygen atoms in total. The second-order valence-corrected chi connectivity index (χ2v) is 16.8. The highest BCUT2D eigenvalue weighted by Crippen LogP contribution is 2.51. The molecular formula is C62H44N2O. The van der Waals surface area contributed by atoms with Gasteiger partial charge in [0, 0.05) is 45.4 Å². The minimum atomic E-state index is 0.229. The first-order chi connectivity index (χ1) is 32.3. The zero-order valence-corrected chi connectivity index (χ0v) is 35.7. The van der Waals surface area contributed by atoms with E-state index in [9.17, 15) is 0 Å². The molecule has 308 valence electrons. The van der Waals surface area contributed by atoms with Crippen LogP contribution >= 0.6 is 0 Å². The van der Waals surface area contributed by atoms with Crippen molar-refractivity contribution in [1.82, 2.24) is 0 Å². The number of allylic oxidation sites excluding steroid dienone is 8. The molecule has 0 spiro atoms. The van der Waals surface area contributed by atoms with E-state index >= 15 is 0 Å². The van der Waals surface area contributed by atoms with Crippen LogP contribution in [0.2, 0.25) is 0 Å². The predicted octanol–water partition coefficient (Wildman–Crippen LogP) is 17.3. The topological polar surface area (TPSA) is 19.6 Å².